The Morgan fingerprint density at radius 1 is 0.919 bits per heavy atom. The van der Waals surface area contributed by atoms with Gasteiger partial charge in [0.2, 0.25) is 0 Å². The van der Waals surface area contributed by atoms with E-state index in [1.807, 2.05) is 45.0 Å². The number of amides is 2. The molecule has 0 spiro atoms. The van der Waals surface area contributed by atoms with Crippen molar-refractivity contribution in [3.63, 3.8) is 0 Å². The smallest absolute Gasteiger partial charge is 0.331 e. The number of nitrogens with zero attached hydrogens (tertiary/aromatic N) is 4. The maximum atomic E-state index is 13.9. The average molecular weight is 495 g/mol. The molecule has 8 nitrogen and oxygen atoms in total. The molecular formula is C29H26N4O4. The van der Waals surface area contributed by atoms with E-state index >= 15 is 0 Å². The minimum atomic E-state index is -0.584. The highest BCUT2D eigenvalue weighted by atomic mass is 16.5. The van der Waals surface area contributed by atoms with Gasteiger partial charge in [-0.1, -0.05) is 17.7 Å². The molecule has 2 aromatic carbocycles. The van der Waals surface area contributed by atoms with E-state index < -0.39 is 17.7 Å². The van der Waals surface area contributed by atoms with E-state index in [0.717, 1.165) is 21.6 Å². The number of imide groups is 1. The molecule has 1 aliphatic rings. The molecule has 1 aliphatic heterocycles. The molecule has 0 aliphatic carbocycles. The Kier molecular flexibility index (Phi) is 5.87. The summed E-state index contributed by atoms with van der Waals surface area (Å²) in [5, 5.41) is 18.3. The molecular weight excluding hydrogens is 468 g/mol. The molecule has 2 aromatic heterocycles. The number of pyridine rings is 1. The first kappa shape index (κ1) is 24.0. The van der Waals surface area contributed by atoms with Crippen molar-refractivity contribution in [2.24, 2.45) is 0 Å². The summed E-state index contributed by atoms with van der Waals surface area (Å²) in [7, 11) is 1.54. The fourth-order valence-corrected chi connectivity index (χ4v) is 4.68. The standard InChI is InChI=1S/C29H26N4O4/c1-17-8-13-23(19(3)15-17)33-28(35)24(20(4)30-33)25-26(31-14-6-7-18(2)16-31)29(36)32(27(25)34)21-9-11-22(37-5)12-10-21/h6-16H,1-5H3. The van der Waals surface area contributed by atoms with Gasteiger partial charge in [-0.05, 0) is 75.5 Å². The van der Waals surface area contributed by atoms with Crippen LogP contribution in [0.2, 0.25) is 0 Å². The average Bonchev–Trinajstić information content (AvgIpc) is 3.29. The van der Waals surface area contributed by atoms with Crippen LogP contribution in [0.5, 0.6) is 11.6 Å². The largest absolute Gasteiger partial charge is 0.858 e. The van der Waals surface area contributed by atoms with Crippen molar-refractivity contribution in [3.8, 4) is 17.3 Å². The van der Waals surface area contributed by atoms with Crippen LogP contribution in [0.15, 0.2) is 67.0 Å². The van der Waals surface area contributed by atoms with Crippen molar-refractivity contribution in [3.05, 3.63) is 94.9 Å². The van der Waals surface area contributed by atoms with Gasteiger partial charge < -0.3 is 9.84 Å². The van der Waals surface area contributed by atoms with Crippen molar-refractivity contribution in [1.29, 1.82) is 0 Å². The molecule has 0 atom stereocenters. The second kappa shape index (κ2) is 9.05. The highest BCUT2D eigenvalue weighted by molar-refractivity contribution is 6.53. The van der Waals surface area contributed by atoms with Crippen LogP contribution >= 0.6 is 0 Å². The van der Waals surface area contributed by atoms with Crippen molar-refractivity contribution in [1.82, 2.24) is 9.78 Å². The van der Waals surface area contributed by atoms with Gasteiger partial charge in [-0.25, -0.2) is 9.58 Å². The van der Waals surface area contributed by atoms with Gasteiger partial charge in [-0.3, -0.25) is 9.59 Å². The summed E-state index contributed by atoms with van der Waals surface area (Å²) < 4.78 is 8.12. The van der Waals surface area contributed by atoms with Gasteiger partial charge >= 0.3 is 5.91 Å². The van der Waals surface area contributed by atoms with Crippen molar-refractivity contribution in [2.75, 3.05) is 12.0 Å². The number of carbonyl (C=O) groups is 2. The minimum Gasteiger partial charge on any atom is -0.858 e. The van der Waals surface area contributed by atoms with Crippen LogP contribution in [0.4, 0.5) is 5.69 Å². The summed E-state index contributed by atoms with van der Waals surface area (Å²) in [6, 6.07) is 16.0. The van der Waals surface area contributed by atoms with Crippen LogP contribution < -0.4 is 19.3 Å². The third-order valence-electron chi connectivity index (χ3n) is 6.45. The lowest BCUT2D eigenvalue weighted by Gasteiger charge is -2.16. The molecule has 186 valence electrons. The third-order valence-corrected chi connectivity index (χ3v) is 6.45. The first-order chi connectivity index (χ1) is 17.7. The van der Waals surface area contributed by atoms with Crippen LogP contribution in [-0.2, 0) is 9.59 Å². The second-order valence-electron chi connectivity index (χ2n) is 9.12. The van der Waals surface area contributed by atoms with Gasteiger partial charge in [0.15, 0.2) is 12.4 Å². The fraction of sp³-hybridized carbons (Fsp3) is 0.172. The Morgan fingerprint density at radius 2 is 1.65 bits per heavy atom. The zero-order valence-corrected chi connectivity index (χ0v) is 21.3. The lowest BCUT2D eigenvalue weighted by atomic mass is 10.0. The zero-order valence-electron chi connectivity index (χ0n) is 21.3. The number of methoxy groups -OCH3 is 1. The molecule has 0 N–H and O–H groups in total. The summed E-state index contributed by atoms with van der Waals surface area (Å²) in [6.07, 6.45) is 3.45. The highest BCUT2D eigenvalue weighted by Gasteiger charge is 2.47. The van der Waals surface area contributed by atoms with Crippen LogP contribution in [0, 0.1) is 27.7 Å². The maximum absolute atomic E-state index is 13.9. The number of aryl methyl sites for hydroxylation is 4. The number of rotatable bonds is 5. The predicted octanol–water partition coefficient (Wildman–Crippen LogP) is 3.42. The van der Waals surface area contributed by atoms with Gasteiger partial charge in [0.05, 0.1) is 24.2 Å². The monoisotopic (exact) mass is 494 g/mol. The van der Waals surface area contributed by atoms with Crippen LogP contribution in [0.25, 0.3) is 17.0 Å². The number of anilines is 1. The molecule has 2 amide bonds. The first-order valence-corrected chi connectivity index (χ1v) is 11.8. The zero-order chi connectivity index (χ0) is 26.4. The first-order valence-electron chi connectivity index (χ1n) is 11.8. The number of carbonyl (C=O) groups excluding carboxylic acids is 2. The van der Waals surface area contributed by atoms with E-state index in [0.29, 0.717) is 22.8 Å². The summed E-state index contributed by atoms with van der Waals surface area (Å²) in [4.78, 5) is 28.8. The van der Waals surface area contributed by atoms with Gasteiger partial charge in [0.1, 0.15) is 11.3 Å². The summed E-state index contributed by atoms with van der Waals surface area (Å²) in [5.74, 6) is -0.974. The lowest BCUT2D eigenvalue weighted by Crippen LogP contribution is -2.39. The Balaban J connectivity index is 1.73. The predicted molar refractivity (Wildman–Crippen MR) is 137 cm³/mol. The SMILES string of the molecule is COc1ccc(N2C(=O)C(c3c(C)nn(-c4ccc(C)cc4C)c3[O-])=C([n+]3cccc(C)c3)C2=O)cc1. The van der Waals surface area contributed by atoms with Crippen LogP contribution in [-0.4, -0.2) is 28.7 Å². The molecule has 3 heterocycles. The Hall–Kier alpha value is -4.72. The molecule has 0 saturated carbocycles. The van der Waals surface area contributed by atoms with Crippen LogP contribution in [0.1, 0.15) is 27.9 Å². The highest BCUT2D eigenvalue weighted by Crippen LogP contribution is 2.39. The molecule has 37 heavy (non-hydrogen) atoms. The van der Waals surface area contributed by atoms with E-state index in [-0.39, 0.29) is 16.8 Å². The number of hydrogen-bond donors (Lipinski definition) is 0. The summed E-state index contributed by atoms with van der Waals surface area (Å²) in [6.45, 7) is 7.45. The van der Waals surface area contributed by atoms with Crippen molar-refractivity contribution < 1.29 is 24.0 Å². The third kappa shape index (κ3) is 3.96. The number of ether oxygens (including phenoxy) is 1. The fourth-order valence-electron chi connectivity index (χ4n) is 4.68. The maximum Gasteiger partial charge on any atom is 0.331 e. The molecule has 8 heteroatoms. The van der Waals surface area contributed by atoms with E-state index in [1.54, 1.807) is 61.3 Å². The van der Waals surface area contributed by atoms with Crippen LogP contribution in [0.3, 0.4) is 0 Å². The second-order valence-corrected chi connectivity index (χ2v) is 9.12. The van der Waals surface area contributed by atoms with Gasteiger partial charge in [0.25, 0.3) is 11.6 Å². The summed E-state index contributed by atoms with van der Waals surface area (Å²) in [5.41, 5.74) is 4.43. The van der Waals surface area contributed by atoms with E-state index in [9.17, 15) is 14.7 Å². The molecule has 0 saturated heterocycles. The normalized spacial score (nSPS) is 13.6. The van der Waals surface area contributed by atoms with Gasteiger partial charge in [0, 0.05) is 17.2 Å². The minimum absolute atomic E-state index is 0.0231. The molecule has 0 unspecified atom stereocenters. The Labute approximate surface area is 214 Å². The molecule has 0 bridgehead atoms. The van der Waals surface area contributed by atoms with Crippen molar-refractivity contribution in [2.45, 2.75) is 27.7 Å². The van der Waals surface area contributed by atoms with Gasteiger partial charge in [-0.15, -0.1) is 0 Å². The number of hydrogen-bond acceptors (Lipinski definition) is 5. The van der Waals surface area contributed by atoms with Crippen molar-refractivity contribution >= 4 is 28.8 Å². The van der Waals surface area contributed by atoms with E-state index in [4.69, 9.17) is 4.74 Å². The number of aromatic nitrogens is 3. The van der Waals surface area contributed by atoms with E-state index in [2.05, 4.69) is 5.10 Å². The molecule has 4 aromatic rings. The quantitative estimate of drug-likeness (QED) is 0.313. The van der Waals surface area contributed by atoms with E-state index in [1.165, 1.54) is 4.68 Å². The summed E-state index contributed by atoms with van der Waals surface area (Å²) >= 11 is 0. The Morgan fingerprint density at radius 3 is 2.30 bits per heavy atom. The molecule has 5 rings (SSSR count). The topological polar surface area (TPSA) is 91.4 Å². The molecule has 0 radical (unpaired) electrons. The van der Waals surface area contributed by atoms with Gasteiger partial charge in [-0.2, -0.15) is 9.67 Å². The number of benzene rings is 2. The Bertz CT molecular complexity index is 1600. The molecule has 0 fully saturated rings. The lowest BCUT2D eigenvalue weighted by molar-refractivity contribution is -0.577.